The highest BCUT2D eigenvalue weighted by Crippen LogP contribution is 2.24. The highest BCUT2D eigenvalue weighted by molar-refractivity contribution is 5.97. The molecule has 0 aliphatic heterocycles. The first-order valence-electron chi connectivity index (χ1n) is 4.31. The molecule has 0 aliphatic rings. The first-order chi connectivity index (χ1) is 7.54. The van der Waals surface area contributed by atoms with E-state index in [0.29, 0.717) is 5.56 Å². The Balaban J connectivity index is 2.99. The van der Waals surface area contributed by atoms with Crippen molar-refractivity contribution in [3.05, 3.63) is 33.9 Å². The molecule has 0 aliphatic carbocycles. The third-order valence-corrected chi connectivity index (χ3v) is 1.79. The van der Waals surface area contributed by atoms with Crippen molar-refractivity contribution in [2.75, 3.05) is 5.32 Å². The summed E-state index contributed by atoms with van der Waals surface area (Å²) in [4.78, 5) is 31.0. The first kappa shape index (κ1) is 11.6. The van der Waals surface area contributed by atoms with Crippen LogP contribution in [0, 0.1) is 17.0 Å². The van der Waals surface area contributed by atoms with Crippen molar-refractivity contribution in [3.63, 3.8) is 0 Å². The van der Waals surface area contributed by atoms with Crippen LogP contribution in [0.5, 0.6) is 0 Å². The van der Waals surface area contributed by atoms with Gasteiger partial charge in [-0.25, -0.2) is 4.79 Å². The molecular formula is C9H9N3O4. The van der Waals surface area contributed by atoms with E-state index in [1.54, 1.807) is 13.0 Å². The van der Waals surface area contributed by atoms with Gasteiger partial charge in [0.05, 0.1) is 4.92 Å². The number of rotatable bonds is 3. The Morgan fingerprint density at radius 2 is 2.19 bits per heavy atom. The molecule has 0 aromatic heterocycles. The zero-order valence-electron chi connectivity index (χ0n) is 8.39. The van der Waals surface area contributed by atoms with Crippen LogP contribution >= 0.6 is 0 Å². The van der Waals surface area contributed by atoms with Crippen molar-refractivity contribution in [2.24, 2.45) is 0 Å². The average Bonchev–Trinajstić information content (AvgIpc) is 2.20. The third-order valence-electron chi connectivity index (χ3n) is 1.79. The molecule has 3 amide bonds. The van der Waals surface area contributed by atoms with Crippen molar-refractivity contribution in [1.82, 2.24) is 5.32 Å². The SMILES string of the molecule is Cc1ccc(NC(=O)NC=O)c([N+](=O)[O-])c1. The largest absolute Gasteiger partial charge is 0.325 e. The number of carbonyl (C=O) groups excluding carboxylic acids is 2. The van der Waals surface area contributed by atoms with E-state index in [0.717, 1.165) is 0 Å². The molecule has 0 bridgehead atoms. The van der Waals surface area contributed by atoms with E-state index in [4.69, 9.17) is 0 Å². The number of amides is 3. The van der Waals surface area contributed by atoms with Crippen LogP contribution < -0.4 is 10.6 Å². The number of nitrogens with zero attached hydrogens (tertiary/aromatic N) is 1. The van der Waals surface area contributed by atoms with Crippen LogP contribution in [-0.4, -0.2) is 17.4 Å². The van der Waals surface area contributed by atoms with E-state index >= 15 is 0 Å². The van der Waals surface area contributed by atoms with Crippen molar-refractivity contribution in [1.29, 1.82) is 0 Å². The summed E-state index contributed by atoms with van der Waals surface area (Å²) in [6.07, 6.45) is 0.190. The van der Waals surface area contributed by atoms with Gasteiger partial charge >= 0.3 is 6.03 Å². The van der Waals surface area contributed by atoms with Crippen LogP contribution in [-0.2, 0) is 4.79 Å². The summed E-state index contributed by atoms with van der Waals surface area (Å²) in [6, 6.07) is 3.53. The number of hydrogen-bond donors (Lipinski definition) is 2. The number of imide groups is 1. The minimum absolute atomic E-state index is 0.0370. The van der Waals surface area contributed by atoms with Gasteiger partial charge in [0.15, 0.2) is 0 Å². The number of aryl methyl sites for hydroxylation is 1. The van der Waals surface area contributed by atoms with E-state index in [1.165, 1.54) is 12.1 Å². The molecule has 7 heteroatoms. The minimum atomic E-state index is -0.818. The van der Waals surface area contributed by atoms with Gasteiger partial charge in [0.25, 0.3) is 5.69 Å². The zero-order chi connectivity index (χ0) is 12.1. The first-order valence-corrected chi connectivity index (χ1v) is 4.31. The van der Waals surface area contributed by atoms with Gasteiger partial charge in [0, 0.05) is 6.07 Å². The van der Waals surface area contributed by atoms with Crippen LogP contribution in [0.3, 0.4) is 0 Å². The molecule has 0 spiro atoms. The molecule has 0 unspecified atom stereocenters. The Morgan fingerprint density at radius 3 is 2.75 bits per heavy atom. The Morgan fingerprint density at radius 1 is 1.50 bits per heavy atom. The van der Waals surface area contributed by atoms with E-state index in [1.807, 2.05) is 5.32 Å². The van der Waals surface area contributed by atoms with Gasteiger partial charge in [0.2, 0.25) is 6.41 Å². The highest BCUT2D eigenvalue weighted by atomic mass is 16.6. The second-order valence-corrected chi connectivity index (χ2v) is 2.99. The quantitative estimate of drug-likeness (QED) is 0.456. The van der Waals surface area contributed by atoms with Gasteiger partial charge in [-0.1, -0.05) is 6.07 Å². The lowest BCUT2D eigenvalue weighted by atomic mass is 10.2. The fraction of sp³-hybridized carbons (Fsp3) is 0.111. The number of benzene rings is 1. The molecule has 0 radical (unpaired) electrons. The van der Waals surface area contributed by atoms with Crippen LogP contribution in [0.4, 0.5) is 16.2 Å². The summed E-state index contributed by atoms with van der Waals surface area (Å²) in [5.41, 5.74) is 0.518. The number of hydrogen-bond acceptors (Lipinski definition) is 4. The average molecular weight is 223 g/mol. The topological polar surface area (TPSA) is 101 Å². The number of nitrogens with one attached hydrogen (secondary N) is 2. The number of nitro benzene ring substituents is 1. The standard InChI is InChI=1S/C9H9N3O4/c1-6-2-3-7(8(4-6)12(15)16)11-9(14)10-5-13/h2-5H,1H3,(H2,10,11,13,14). The Labute approximate surface area is 90.6 Å². The van der Waals surface area contributed by atoms with Gasteiger partial charge in [-0.2, -0.15) is 0 Å². The number of carbonyl (C=O) groups is 2. The Kier molecular flexibility index (Phi) is 3.54. The van der Waals surface area contributed by atoms with E-state index in [-0.39, 0.29) is 17.8 Å². The van der Waals surface area contributed by atoms with Crippen molar-refractivity contribution >= 4 is 23.8 Å². The Bertz CT molecular complexity index is 444. The fourth-order valence-electron chi connectivity index (χ4n) is 1.11. The van der Waals surface area contributed by atoms with Gasteiger partial charge in [-0.15, -0.1) is 0 Å². The smallest absolute Gasteiger partial charge is 0.302 e. The summed E-state index contributed by atoms with van der Waals surface area (Å²) in [5, 5.41) is 14.7. The minimum Gasteiger partial charge on any atom is -0.302 e. The maximum Gasteiger partial charge on any atom is 0.325 e. The van der Waals surface area contributed by atoms with Crippen LogP contribution in [0.2, 0.25) is 0 Å². The summed E-state index contributed by atoms with van der Waals surface area (Å²) in [5.74, 6) is 0. The summed E-state index contributed by atoms with van der Waals surface area (Å²) < 4.78 is 0. The number of nitro groups is 1. The molecule has 0 atom stereocenters. The van der Waals surface area contributed by atoms with Crippen molar-refractivity contribution < 1.29 is 14.5 Å². The van der Waals surface area contributed by atoms with E-state index < -0.39 is 11.0 Å². The number of anilines is 1. The molecule has 1 rings (SSSR count). The third kappa shape index (κ3) is 2.77. The van der Waals surface area contributed by atoms with Crippen molar-refractivity contribution in [2.45, 2.75) is 6.92 Å². The molecule has 1 aromatic carbocycles. The molecule has 0 saturated heterocycles. The Hall–Kier alpha value is -2.44. The molecule has 7 nitrogen and oxygen atoms in total. The molecule has 1 aromatic rings. The van der Waals surface area contributed by atoms with Gasteiger partial charge in [-0.05, 0) is 18.6 Å². The lowest BCUT2D eigenvalue weighted by molar-refractivity contribution is -0.384. The normalized spacial score (nSPS) is 9.31. The second kappa shape index (κ2) is 4.87. The predicted molar refractivity (Wildman–Crippen MR) is 56.1 cm³/mol. The van der Waals surface area contributed by atoms with Crippen LogP contribution in [0.1, 0.15) is 5.56 Å². The molecule has 16 heavy (non-hydrogen) atoms. The van der Waals surface area contributed by atoms with Crippen LogP contribution in [0.15, 0.2) is 18.2 Å². The molecule has 0 heterocycles. The molecular weight excluding hydrogens is 214 g/mol. The maximum atomic E-state index is 11.0. The molecule has 0 fully saturated rings. The monoisotopic (exact) mass is 223 g/mol. The lowest BCUT2D eigenvalue weighted by Crippen LogP contribution is -2.27. The number of urea groups is 1. The van der Waals surface area contributed by atoms with Crippen molar-refractivity contribution in [3.8, 4) is 0 Å². The molecule has 84 valence electrons. The van der Waals surface area contributed by atoms with Gasteiger partial charge in [-0.3, -0.25) is 20.2 Å². The van der Waals surface area contributed by atoms with Gasteiger partial charge < -0.3 is 5.32 Å². The predicted octanol–water partition coefficient (Wildman–Crippen LogP) is 1.18. The van der Waals surface area contributed by atoms with E-state index in [2.05, 4.69) is 5.32 Å². The van der Waals surface area contributed by atoms with E-state index in [9.17, 15) is 19.7 Å². The molecule has 2 N–H and O–H groups in total. The zero-order valence-corrected chi connectivity index (χ0v) is 8.39. The summed E-state index contributed by atoms with van der Waals surface area (Å²) in [7, 11) is 0. The van der Waals surface area contributed by atoms with Crippen LogP contribution in [0.25, 0.3) is 0 Å². The fourth-order valence-corrected chi connectivity index (χ4v) is 1.11. The van der Waals surface area contributed by atoms with Gasteiger partial charge in [0.1, 0.15) is 5.69 Å². The summed E-state index contributed by atoms with van der Waals surface area (Å²) in [6.45, 7) is 1.70. The maximum absolute atomic E-state index is 11.0. The molecule has 0 saturated carbocycles. The second-order valence-electron chi connectivity index (χ2n) is 2.99. The lowest BCUT2D eigenvalue weighted by Gasteiger charge is -2.05. The summed E-state index contributed by atoms with van der Waals surface area (Å²) >= 11 is 0. The highest BCUT2D eigenvalue weighted by Gasteiger charge is 2.15.